The van der Waals surface area contributed by atoms with Crippen molar-refractivity contribution < 1.29 is 13.5 Å². The number of hydrogen-bond acceptors (Lipinski definition) is 1. The van der Waals surface area contributed by atoms with Crippen LogP contribution in [-0.2, 0) is 4.74 Å². The van der Waals surface area contributed by atoms with Crippen molar-refractivity contribution >= 4 is 43.0 Å². The zero-order valence-corrected chi connectivity index (χ0v) is 15.4. The van der Waals surface area contributed by atoms with Gasteiger partial charge in [-0.3, -0.25) is 0 Å². The molecule has 0 radical (unpaired) electrons. The monoisotopic (exact) mass is 442 g/mol. The second-order valence-corrected chi connectivity index (χ2v) is 6.78. The van der Waals surface area contributed by atoms with Crippen LogP contribution in [0.25, 0.3) is 11.1 Å². The maximum absolute atomic E-state index is 13.8. The second kappa shape index (κ2) is 7.99. The van der Waals surface area contributed by atoms with Crippen LogP contribution in [-0.4, -0.2) is 13.2 Å². The summed E-state index contributed by atoms with van der Waals surface area (Å²) < 4.78 is 34.4. The first-order chi connectivity index (χ1) is 10.9. The van der Waals surface area contributed by atoms with E-state index in [1.165, 1.54) is 12.1 Å². The van der Waals surface area contributed by atoms with Gasteiger partial charge in [-0.15, -0.1) is 0 Å². The van der Waals surface area contributed by atoms with Gasteiger partial charge in [-0.2, -0.15) is 0 Å². The highest BCUT2D eigenvalue weighted by Crippen LogP contribution is 2.23. The average Bonchev–Trinajstić information content (AvgIpc) is 2.46. The Morgan fingerprint density at radius 3 is 1.57 bits per heavy atom. The average molecular weight is 444 g/mol. The molecule has 5 heteroatoms. The van der Waals surface area contributed by atoms with E-state index in [0.717, 1.165) is 0 Å². The van der Waals surface area contributed by atoms with Crippen LogP contribution < -0.4 is 0 Å². The lowest BCUT2D eigenvalue weighted by molar-refractivity contribution is 0.204. The van der Waals surface area contributed by atoms with Gasteiger partial charge in [0.25, 0.3) is 0 Å². The summed E-state index contributed by atoms with van der Waals surface area (Å²) in [6.45, 7) is 7.92. The van der Waals surface area contributed by atoms with Crippen LogP contribution in [0.3, 0.4) is 0 Å². The highest BCUT2D eigenvalue weighted by atomic mass is 79.9. The van der Waals surface area contributed by atoms with Gasteiger partial charge in [0, 0.05) is 20.1 Å². The van der Waals surface area contributed by atoms with Gasteiger partial charge in [0.15, 0.2) is 0 Å². The van der Waals surface area contributed by atoms with Crippen LogP contribution in [0.1, 0.15) is 11.1 Å². The summed E-state index contributed by atoms with van der Waals surface area (Å²) in [7, 11) is 0. The number of hydrogen-bond donors (Lipinski definition) is 0. The maximum atomic E-state index is 13.8. The first kappa shape index (κ1) is 18.0. The number of ether oxygens (including phenoxy) is 1. The van der Waals surface area contributed by atoms with E-state index in [-0.39, 0.29) is 24.8 Å². The standard InChI is InChI=1S/C18H14Br2F2O/c1-11(15-5-3-13(19)7-17(15)21)9-23-10-12(2)16-6-4-14(20)8-18(16)22/h3-8H,1-2,9-10H2. The molecule has 2 rings (SSSR count). The van der Waals surface area contributed by atoms with E-state index in [2.05, 4.69) is 45.0 Å². The van der Waals surface area contributed by atoms with Crippen LogP contribution in [0.4, 0.5) is 8.78 Å². The molecular formula is C18H14Br2F2O. The molecule has 1 nitrogen and oxygen atoms in total. The Morgan fingerprint density at radius 1 is 0.826 bits per heavy atom. The molecular weight excluding hydrogens is 430 g/mol. The minimum absolute atomic E-state index is 0.135. The van der Waals surface area contributed by atoms with E-state index in [0.29, 0.717) is 31.2 Å². The predicted molar refractivity (Wildman–Crippen MR) is 97.1 cm³/mol. The smallest absolute Gasteiger partial charge is 0.131 e. The third kappa shape index (κ3) is 4.83. The molecule has 2 aromatic rings. The molecule has 0 fully saturated rings. The topological polar surface area (TPSA) is 9.23 Å². The van der Waals surface area contributed by atoms with E-state index < -0.39 is 0 Å². The lowest BCUT2D eigenvalue weighted by Crippen LogP contribution is -2.03. The zero-order chi connectivity index (χ0) is 17.0. The molecule has 0 spiro atoms. The molecule has 0 heterocycles. The van der Waals surface area contributed by atoms with Crippen LogP contribution in [0.5, 0.6) is 0 Å². The molecule has 0 bridgehead atoms. The lowest BCUT2D eigenvalue weighted by Gasteiger charge is -2.11. The summed E-state index contributed by atoms with van der Waals surface area (Å²) >= 11 is 6.41. The minimum Gasteiger partial charge on any atom is -0.372 e. The van der Waals surface area contributed by atoms with Crippen LogP contribution >= 0.6 is 31.9 Å². The van der Waals surface area contributed by atoms with Gasteiger partial charge in [0.2, 0.25) is 0 Å². The molecule has 0 aliphatic rings. The molecule has 0 unspecified atom stereocenters. The van der Waals surface area contributed by atoms with Gasteiger partial charge in [0.05, 0.1) is 13.2 Å². The fourth-order valence-corrected chi connectivity index (χ4v) is 2.67. The summed E-state index contributed by atoms with van der Waals surface area (Å²) in [5, 5.41) is 0. The number of rotatable bonds is 6. The molecule has 0 saturated carbocycles. The van der Waals surface area contributed by atoms with E-state index >= 15 is 0 Å². The van der Waals surface area contributed by atoms with Crippen molar-refractivity contribution in [2.45, 2.75) is 0 Å². The molecule has 0 amide bonds. The van der Waals surface area contributed by atoms with Crippen LogP contribution in [0, 0.1) is 11.6 Å². The fraction of sp³-hybridized carbons (Fsp3) is 0.111. The van der Waals surface area contributed by atoms with Crippen LogP contribution in [0.15, 0.2) is 58.5 Å². The molecule has 0 saturated heterocycles. The molecule has 0 aromatic heterocycles. The summed E-state index contributed by atoms with van der Waals surface area (Å²) in [5.74, 6) is -0.739. The van der Waals surface area contributed by atoms with Crippen molar-refractivity contribution in [1.82, 2.24) is 0 Å². The van der Waals surface area contributed by atoms with Gasteiger partial charge in [0.1, 0.15) is 11.6 Å². The van der Waals surface area contributed by atoms with Crippen molar-refractivity contribution in [2.75, 3.05) is 13.2 Å². The maximum Gasteiger partial charge on any atom is 0.131 e. The lowest BCUT2D eigenvalue weighted by atomic mass is 10.1. The molecule has 0 N–H and O–H groups in total. The summed E-state index contributed by atoms with van der Waals surface area (Å²) in [6, 6.07) is 9.48. The highest BCUT2D eigenvalue weighted by molar-refractivity contribution is 9.10. The normalized spacial score (nSPS) is 10.6. The van der Waals surface area contributed by atoms with E-state index in [1.54, 1.807) is 24.3 Å². The summed E-state index contributed by atoms with van der Waals surface area (Å²) in [6.07, 6.45) is 0. The van der Waals surface area contributed by atoms with Crippen LogP contribution in [0.2, 0.25) is 0 Å². The van der Waals surface area contributed by atoms with E-state index in [1.807, 2.05) is 0 Å². The summed E-state index contributed by atoms with van der Waals surface area (Å²) in [5.41, 5.74) is 1.82. The fourth-order valence-electron chi connectivity index (χ4n) is 2.01. The van der Waals surface area contributed by atoms with E-state index in [9.17, 15) is 8.78 Å². The predicted octanol–water partition coefficient (Wildman–Crippen LogP) is 6.23. The Hall–Kier alpha value is -1.30. The molecule has 23 heavy (non-hydrogen) atoms. The molecule has 120 valence electrons. The Balaban J connectivity index is 1.94. The van der Waals surface area contributed by atoms with Crippen molar-refractivity contribution in [3.05, 3.63) is 81.3 Å². The highest BCUT2D eigenvalue weighted by Gasteiger charge is 2.09. The quantitative estimate of drug-likeness (QED) is 0.513. The Labute approximate surface area is 150 Å². The zero-order valence-electron chi connectivity index (χ0n) is 12.2. The van der Waals surface area contributed by atoms with Crippen molar-refractivity contribution in [2.24, 2.45) is 0 Å². The van der Waals surface area contributed by atoms with Gasteiger partial charge in [-0.1, -0.05) is 57.2 Å². The Bertz CT molecular complexity index is 693. The molecule has 0 aliphatic heterocycles. The summed E-state index contributed by atoms with van der Waals surface area (Å²) in [4.78, 5) is 0. The number of halogens is 4. The van der Waals surface area contributed by atoms with Gasteiger partial charge >= 0.3 is 0 Å². The SMILES string of the molecule is C=C(COCC(=C)c1ccc(Br)cc1F)c1ccc(Br)cc1F. The van der Waals surface area contributed by atoms with Crippen molar-refractivity contribution in [3.8, 4) is 0 Å². The first-order valence-electron chi connectivity index (χ1n) is 6.72. The van der Waals surface area contributed by atoms with Gasteiger partial charge in [-0.25, -0.2) is 8.78 Å². The van der Waals surface area contributed by atoms with Gasteiger partial charge < -0.3 is 4.74 Å². The third-order valence-electron chi connectivity index (χ3n) is 3.18. The Kier molecular flexibility index (Phi) is 6.27. The largest absolute Gasteiger partial charge is 0.372 e. The van der Waals surface area contributed by atoms with Crippen molar-refractivity contribution in [3.63, 3.8) is 0 Å². The number of benzene rings is 2. The molecule has 0 atom stereocenters. The minimum atomic E-state index is -0.370. The second-order valence-electron chi connectivity index (χ2n) is 4.95. The van der Waals surface area contributed by atoms with Gasteiger partial charge in [-0.05, 0) is 35.4 Å². The first-order valence-corrected chi connectivity index (χ1v) is 8.31. The van der Waals surface area contributed by atoms with E-state index in [4.69, 9.17) is 4.74 Å². The van der Waals surface area contributed by atoms with Crippen molar-refractivity contribution in [1.29, 1.82) is 0 Å². The molecule has 0 aliphatic carbocycles. The Morgan fingerprint density at radius 2 is 1.22 bits per heavy atom. The molecule has 2 aromatic carbocycles. The third-order valence-corrected chi connectivity index (χ3v) is 4.16.